The zero-order chi connectivity index (χ0) is 11.1. The minimum Gasteiger partial charge on any atom is -0.323 e. The van der Waals surface area contributed by atoms with Crippen LogP contribution in [0.2, 0.25) is 0 Å². The molecule has 0 saturated carbocycles. The number of imide groups is 1. The Kier molecular flexibility index (Phi) is 2.00. The predicted octanol–water partition coefficient (Wildman–Crippen LogP) is 1.52. The Bertz CT molecular complexity index is 412. The van der Waals surface area contributed by atoms with E-state index in [1.165, 1.54) is 4.90 Å². The van der Waals surface area contributed by atoms with Crippen molar-refractivity contribution in [3.05, 3.63) is 30.3 Å². The zero-order valence-electron chi connectivity index (χ0n) is 8.65. The zero-order valence-corrected chi connectivity index (χ0v) is 8.65. The highest BCUT2D eigenvalue weighted by Gasteiger charge is 2.44. The molecule has 0 aliphatic carbocycles. The van der Waals surface area contributed by atoms with Crippen LogP contribution in [0.25, 0.3) is 0 Å². The average Bonchev–Trinajstić information content (AvgIpc) is 2.38. The summed E-state index contributed by atoms with van der Waals surface area (Å²) in [6.07, 6.45) is 0. The summed E-state index contributed by atoms with van der Waals surface area (Å²) in [7, 11) is 0. The molecule has 0 unspecified atom stereocenters. The first-order valence-corrected chi connectivity index (χ1v) is 4.74. The van der Waals surface area contributed by atoms with Crippen LogP contribution in [0.3, 0.4) is 0 Å². The van der Waals surface area contributed by atoms with Crippen LogP contribution in [-0.2, 0) is 4.79 Å². The van der Waals surface area contributed by atoms with Gasteiger partial charge in [0.1, 0.15) is 5.54 Å². The van der Waals surface area contributed by atoms with Crippen molar-refractivity contribution in [3.63, 3.8) is 0 Å². The third-order valence-corrected chi connectivity index (χ3v) is 2.37. The van der Waals surface area contributed by atoms with Crippen LogP contribution in [-0.4, -0.2) is 17.5 Å². The predicted molar refractivity (Wildman–Crippen MR) is 56.5 cm³/mol. The monoisotopic (exact) mass is 204 g/mol. The highest BCUT2D eigenvalue weighted by Crippen LogP contribution is 2.23. The molecule has 1 fully saturated rings. The summed E-state index contributed by atoms with van der Waals surface area (Å²) < 4.78 is 0. The van der Waals surface area contributed by atoms with Gasteiger partial charge in [0.05, 0.1) is 5.69 Å². The van der Waals surface area contributed by atoms with Gasteiger partial charge in [-0.1, -0.05) is 18.2 Å². The third kappa shape index (κ3) is 1.48. The second-order valence-electron chi connectivity index (χ2n) is 4.03. The molecule has 0 aromatic heterocycles. The number of para-hydroxylation sites is 1. The number of amides is 3. The Labute approximate surface area is 87.9 Å². The molecule has 2 rings (SSSR count). The molecule has 1 heterocycles. The Morgan fingerprint density at radius 2 is 1.73 bits per heavy atom. The molecule has 1 N–H and O–H groups in total. The first-order valence-electron chi connectivity index (χ1n) is 4.74. The number of anilines is 1. The molecule has 1 aromatic carbocycles. The number of carbonyl (C=O) groups is 2. The molecule has 0 atom stereocenters. The average molecular weight is 204 g/mol. The van der Waals surface area contributed by atoms with Gasteiger partial charge in [0.2, 0.25) is 0 Å². The molecule has 0 bridgehead atoms. The number of hydrogen-bond acceptors (Lipinski definition) is 2. The van der Waals surface area contributed by atoms with E-state index in [4.69, 9.17) is 0 Å². The molecule has 1 aliphatic rings. The Hall–Kier alpha value is -1.84. The molecule has 78 valence electrons. The van der Waals surface area contributed by atoms with Crippen LogP contribution in [0.15, 0.2) is 30.3 Å². The Morgan fingerprint density at radius 3 is 2.20 bits per heavy atom. The van der Waals surface area contributed by atoms with Crippen molar-refractivity contribution < 1.29 is 9.59 Å². The quantitative estimate of drug-likeness (QED) is 0.705. The van der Waals surface area contributed by atoms with E-state index in [1.54, 1.807) is 38.1 Å². The van der Waals surface area contributed by atoms with E-state index in [0.717, 1.165) is 0 Å². The molecule has 3 amide bonds. The number of nitrogens with zero attached hydrogens (tertiary/aromatic N) is 1. The maximum atomic E-state index is 11.9. The number of benzene rings is 1. The van der Waals surface area contributed by atoms with Crippen LogP contribution in [0.5, 0.6) is 0 Å². The molecular formula is C11H12N2O2. The van der Waals surface area contributed by atoms with Crippen molar-refractivity contribution in [3.8, 4) is 0 Å². The van der Waals surface area contributed by atoms with Crippen LogP contribution in [0.1, 0.15) is 13.8 Å². The fourth-order valence-corrected chi connectivity index (χ4v) is 1.56. The lowest BCUT2D eigenvalue weighted by Crippen LogP contribution is -2.40. The van der Waals surface area contributed by atoms with Crippen molar-refractivity contribution in [2.45, 2.75) is 19.4 Å². The first kappa shape index (κ1) is 9.71. The third-order valence-electron chi connectivity index (χ3n) is 2.37. The van der Waals surface area contributed by atoms with Crippen molar-refractivity contribution in [2.75, 3.05) is 4.90 Å². The van der Waals surface area contributed by atoms with Gasteiger partial charge in [0, 0.05) is 0 Å². The van der Waals surface area contributed by atoms with Gasteiger partial charge in [-0.05, 0) is 26.0 Å². The van der Waals surface area contributed by atoms with Gasteiger partial charge in [0.25, 0.3) is 5.91 Å². The molecule has 4 nitrogen and oxygen atoms in total. The maximum absolute atomic E-state index is 11.9. The number of urea groups is 1. The second-order valence-corrected chi connectivity index (χ2v) is 4.03. The van der Waals surface area contributed by atoms with E-state index < -0.39 is 5.54 Å². The molecule has 0 spiro atoms. The van der Waals surface area contributed by atoms with E-state index >= 15 is 0 Å². The van der Waals surface area contributed by atoms with Crippen LogP contribution in [0, 0.1) is 0 Å². The highest BCUT2D eigenvalue weighted by atomic mass is 16.2. The van der Waals surface area contributed by atoms with E-state index in [2.05, 4.69) is 5.32 Å². The summed E-state index contributed by atoms with van der Waals surface area (Å²) in [5.74, 6) is -0.223. The minimum absolute atomic E-state index is 0.223. The standard InChI is InChI=1S/C11H12N2O2/c1-11(2)9(14)13(10(15)12-11)8-6-4-3-5-7-8/h3-7H,1-2H3,(H,12,15). The van der Waals surface area contributed by atoms with E-state index in [1.807, 2.05) is 6.07 Å². The summed E-state index contributed by atoms with van der Waals surface area (Å²) in [5.41, 5.74) is -0.210. The van der Waals surface area contributed by atoms with E-state index in [0.29, 0.717) is 5.69 Å². The fraction of sp³-hybridized carbons (Fsp3) is 0.273. The van der Waals surface area contributed by atoms with Crippen LogP contribution >= 0.6 is 0 Å². The molecule has 1 saturated heterocycles. The molecule has 0 radical (unpaired) electrons. The molecule has 1 aromatic rings. The largest absolute Gasteiger partial charge is 0.329 e. The normalized spacial score (nSPS) is 19.2. The van der Waals surface area contributed by atoms with Crippen molar-refractivity contribution in [2.24, 2.45) is 0 Å². The smallest absolute Gasteiger partial charge is 0.323 e. The number of hydrogen-bond donors (Lipinski definition) is 1. The van der Waals surface area contributed by atoms with E-state index in [-0.39, 0.29) is 11.9 Å². The van der Waals surface area contributed by atoms with Crippen molar-refractivity contribution in [1.29, 1.82) is 0 Å². The SMILES string of the molecule is CC1(C)NC(=O)N(c2ccccc2)C1=O. The number of rotatable bonds is 1. The first-order chi connectivity index (χ1) is 7.02. The molecular weight excluding hydrogens is 192 g/mol. The van der Waals surface area contributed by atoms with Gasteiger partial charge in [-0.25, -0.2) is 9.69 Å². The maximum Gasteiger partial charge on any atom is 0.329 e. The van der Waals surface area contributed by atoms with Gasteiger partial charge in [0.15, 0.2) is 0 Å². The summed E-state index contributed by atoms with van der Waals surface area (Å²) in [6, 6.07) is 8.53. The lowest BCUT2D eigenvalue weighted by molar-refractivity contribution is -0.120. The molecule has 15 heavy (non-hydrogen) atoms. The molecule has 4 heteroatoms. The Morgan fingerprint density at radius 1 is 1.13 bits per heavy atom. The van der Waals surface area contributed by atoms with Gasteiger partial charge in [-0.2, -0.15) is 0 Å². The lowest BCUT2D eigenvalue weighted by atomic mass is 10.1. The summed E-state index contributed by atoms with van der Waals surface area (Å²) in [6.45, 7) is 3.38. The summed E-state index contributed by atoms with van der Waals surface area (Å²) in [4.78, 5) is 24.6. The van der Waals surface area contributed by atoms with Gasteiger partial charge in [-0.15, -0.1) is 0 Å². The van der Waals surface area contributed by atoms with Crippen LogP contribution in [0.4, 0.5) is 10.5 Å². The van der Waals surface area contributed by atoms with E-state index in [9.17, 15) is 9.59 Å². The number of nitrogens with one attached hydrogen (secondary N) is 1. The van der Waals surface area contributed by atoms with Gasteiger partial charge >= 0.3 is 6.03 Å². The van der Waals surface area contributed by atoms with Gasteiger partial charge in [-0.3, -0.25) is 4.79 Å². The Balaban J connectivity index is 2.40. The van der Waals surface area contributed by atoms with Gasteiger partial charge < -0.3 is 5.32 Å². The highest BCUT2D eigenvalue weighted by molar-refractivity contribution is 6.22. The fourth-order valence-electron chi connectivity index (χ4n) is 1.56. The molecule has 1 aliphatic heterocycles. The lowest BCUT2D eigenvalue weighted by Gasteiger charge is -2.15. The minimum atomic E-state index is -0.813. The van der Waals surface area contributed by atoms with Crippen molar-refractivity contribution in [1.82, 2.24) is 5.32 Å². The number of carbonyl (C=O) groups excluding carboxylic acids is 2. The topological polar surface area (TPSA) is 49.4 Å². The van der Waals surface area contributed by atoms with Crippen molar-refractivity contribution >= 4 is 17.6 Å². The van der Waals surface area contributed by atoms with Crippen LogP contribution < -0.4 is 10.2 Å². The second kappa shape index (κ2) is 3.08. The summed E-state index contributed by atoms with van der Waals surface area (Å²) in [5, 5.41) is 2.63. The summed E-state index contributed by atoms with van der Waals surface area (Å²) >= 11 is 0.